The summed E-state index contributed by atoms with van der Waals surface area (Å²) in [5.41, 5.74) is 2.51. The Morgan fingerprint density at radius 3 is 2.41 bits per heavy atom. The number of rotatable bonds is 6. The molecule has 0 atom stereocenters. The molecule has 0 spiro atoms. The number of pyridine rings is 1. The molecular formula is C20H27NS. The largest absolute Gasteiger partial charge is 0.261 e. The summed E-state index contributed by atoms with van der Waals surface area (Å²) in [7, 11) is 0. The Morgan fingerprint density at radius 1 is 1.05 bits per heavy atom. The molecule has 2 aromatic rings. The molecule has 0 N–H and O–H groups in total. The van der Waals surface area contributed by atoms with Gasteiger partial charge in [-0.25, -0.2) is 0 Å². The summed E-state index contributed by atoms with van der Waals surface area (Å²) in [6.07, 6.45) is 13.1. The highest BCUT2D eigenvalue weighted by atomic mass is 32.1. The lowest BCUT2D eigenvalue weighted by Gasteiger charge is -2.28. The van der Waals surface area contributed by atoms with Gasteiger partial charge in [-0.1, -0.05) is 57.6 Å². The van der Waals surface area contributed by atoms with Gasteiger partial charge in [0.1, 0.15) is 0 Å². The Hall–Kier alpha value is -1.15. The Bertz CT molecular complexity index is 536. The van der Waals surface area contributed by atoms with Gasteiger partial charge in [-0.2, -0.15) is 0 Å². The summed E-state index contributed by atoms with van der Waals surface area (Å²) in [6.45, 7) is 2.32. The van der Waals surface area contributed by atoms with Crippen molar-refractivity contribution in [1.82, 2.24) is 4.98 Å². The van der Waals surface area contributed by atoms with Gasteiger partial charge in [-0.3, -0.25) is 4.98 Å². The van der Waals surface area contributed by atoms with E-state index in [1.807, 2.05) is 6.20 Å². The molecular weight excluding hydrogens is 286 g/mol. The second kappa shape index (κ2) is 7.92. The average molecular weight is 314 g/mol. The maximum Gasteiger partial charge on any atom is 0.0404 e. The summed E-state index contributed by atoms with van der Waals surface area (Å²) < 4.78 is 0. The molecule has 2 heterocycles. The molecule has 1 nitrogen and oxygen atoms in total. The Balaban J connectivity index is 1.46. The number of aromatic nitrogens is 1. The van der Waals surface area contributed by atoms with Gasteiger partial charge in [-0.15, -0.1) is 11.3 Å². The van der Waals surface area contributed by atoms with Crippen molar-refractivity contribution < 1.29 is 0 Å². The third kappa shape index (κ3) is 4.19. The molecule has 118 valence electrons. The zero-order valence-corrected chi connectivity index (χ0v) is 14.4. The highest BCUT2D eigenvalue weighted by Gasteiger charge is 2.20. The first-order valence-electron chi connectivity index (χ1n) is 8.84. The molecule has 22 heavy (non-hydrogen) atoms. The predicted molar refractivity (Wildman–Crippen MR) is 96.2 cm³/mol. The van der Waals surface area contributed by atoms with Crippen LogP contribution in [-0.4, -0.2) is 4.98 Å². The van der Waals surface area contributed by atoms with Gasteiger partial charge in [-0.05, 0) is 42.2 Å². The quantitative estimate of drug-likeness (QED) is 0.605. The molecule has 1 aliphatic rings. The lowest BCUT2D eigenvalue weighted by Crippen LogP contribution is -2.15. The molecule has 1 fully saturated rings. The van der Waals surface area contributed by atoms with Gasteiger partial charge in [0.25, 0.3) is 0 Å². The van der Waals surface area contributed by atoms with Crippen LogP contribution in [-0.2, 0) is 6.42 Å². The molecule has 0 amide bonds. The second-order valence-electron chi connectivity index (χ2n) is 6.73. The van der Waals surface area contributed by atoms with E-state index in [4.69, 9.17) is 0 Å². The molecule has 1 aliphatic carbocycles. The van der Waals surface area contributed by atoms with E-state index < -0.39 is 0 Å². The summed E-state index contributed by atoms with van der Waals surface area (Å²) in [4.78, 5) is 5.98. The van der Waals surface area contributed by atoms with Crippen LogP contribution in [0.25, 0.3) is 10.4 Å². The second-order valence-corrected chi connectivity index (χ2v) is 7.68. The van der Waals surface area contributed by atoms with E-state index in [9.17, 15) is 0 Å². The van der Waals surface area contributed by atoms with Gasteiger partial charge in [0, 0.05) is 22.3 Å². The van der Waals surface area contributed by atoms with E-state index >= 15 is 0 Å². The third-order valence-corrected chi connectivity index (χ3v) is 6.02. The lowest BCUT2D eigenvalue weighted by atomic mass is 9.78. The number of nitrogens with zero attached hydrogens (tertiary/aromatic N) is 1. The lowest BCUT2D eigenvalue weighted by molar-refractivity contribution is 0.252. The number of hydrogen-bond acceptors (Lipinski definition) is 2. The van der Waals surface area contributed by atoms with E-state index in [1.165, 1.54) is 61.1 Å². The van der Waals surface area contributed by atoms with Crippen molar-refractivity contribution in [1.29, 1.82) is 0 Å². The van der Waals surface area contributed by atoms with Crippen molar-refractivity contribution >= 4 is 11.3 Å². The molecule has 2 heteroatoms. The van der Waals surface area contributed by atoms with Crippen LogP contribution in [0, 0.1) is 11.8 Å². The van der Waals surface area contributed by atoms with E-state index in [-0.39, 0.29) is 0 Å². The fraction of sp³-hybridized carbons (Fsp3) is 0.550. The van der Waals surface area contributed by atoms with Crippen molar-refractivity contribution in [3.05, 3.63) is 41.5 Å². The predicted octanol–water partition coefficient (Wildman–Crippen LogP) is 6.35. The zero-order chi connectivity index (χ0) is 15.2. The van der Waals surface area contributed by atoms with Crippen molar-refractivity contribution in [3.8, 4) is 10.4 Å². The van der Waals surface area contributed by atoms with E-state index in [0.717, 1.165) is 18.3 Å². The molecule has 0 unspecified atom stereocenters. The first kappa shape index (κ1) is 15.7. The van der Waals surface area contributed by atoms with Gasteiger partial charge < -0.3 is 0 Å². The van der Waals surface area contributed by atoms with E-state index in [0.29, 0.717) is 0 Å². The summed E-state index contributed by atoms with van der Waals surface area (Å²) >= 11 is 1.78. The minimum absolute atomic E-state index is 0.937. The molecule has 1 saturated carbocycles. The molecule has 0 radical (unpaired) electrons. The highest BCUT2D eigenvalue weighted by molar-refractivity contribution is 7.13. The molecule has 0 aromatic carbocycles. The van der Waals surface area contributed by atoms with Crippen LogP contribution in [0.3, 0.4) is 0 Å². The standard InChI is InChI=1S/C20H27NS/c1-2-4-16-6-8-17(9-7-16)10-12-19-13-11-18(15-21-19)20-5-3-14-22-20/h3,5,11,13-17H,2,4,6-10,12H2,1H3. The monoisotopic (exact) mass is 313 g/mol. The number of aryl methyl sites for hydroxylation is 1. The first-order valence-corrected chi connectivity index (χ1v) is 9.72. The Kier molecular flexibility index (Phi) is 5.66. The van der Waals surface area contributed by atoms with Crippen LogP contribution >= 0.6 is 11.3 Å². The van der Waals surface area contributed by atoms with E-state index in [1.54, 1.807) is 11.3 Å². The van der Waals surface area contributed by atoms with Crippen LogP contribution in [0.15, 0.2) is 35.8 Å². The minimum atomic E-state index is 0.937. The zero-order valence-electron chi connectivity index (χ0n) is 13.6. The normalized spacial score (nSPS) is 21.9. The molecule has 0 saturated heterocycles. The number of thiophene rings is 1. The van der Waals surface area contributed by atoms with Crippen molar-refractivity contribution in [3.63, 3.8) is 0 Å². The van der Waals surface area contributed by atoms with Gasteiger partial charge in [0.05, 0.1) is 0 Å². The number of hydrogen-bond donors (Lipinski definition) is 0. The van der Waals surface area contributed by atoms with Gasteiger partial charge >= 0.3 is 0 Å². The topological polar surface area (TPSA) is 12.9 Å². The Labute approximate surface area is 138 Å². The molecule has 3 rings (SSSR count). The van der Waals surface area contributed by atoms with Crippen molar-refractivity contribution in [2.45, 2.75) is 58.3 Å². The first-order chi connectivity index (χ1) is 10.8. The highest BCUT2D eigenvalue weighted by Crippen LogP contribution is 2.33. The van der Waals surface area contributed by atoms with Crippen molar-refractivity contribution in [2.24, 2.45) is 11.8 Å². The summed E-state index contributed by atoms with van der Waals surface area (Å²) in [5, 5.41) is 2.12. The van der Waals surface area contributed by atoms with E-state index in [2.05, 4.69) is 41.6 Å². The molecule has 2 aromatic heterocycles. The van der Waals surface area contributed by atoms with Crippen LogP contribution in [0.2, 0.25) is 0 Å². The Morgan fingerprint density at radius 2 is 1.82 bits per heavy atom. The van der Waals surface area contributed by atoms with Crippen LogP contribution in [0.4, 0.5) is 0 Å². The average Bonchev–Trinajstić information content (AvgIpc) is 3.09. The third-order valence-electron chi connectivity index (χ3n) is 5.10. The van der Waals surface area contributed by atoms with Crippen LogP contribution in [0.1, 0.15) is 57.6 Å². The molecule has 0 bridgehead atoms. The fourth-order valence-corrected chi connectivity index (χ4v) is 4.45. The van der Waals surface area contributed by atoms with Crippen LogP contribution in [0.5, 0.6) is 0 Å². The van der Waals surface area contributed by atoms with Crippen LogP contribution < -0.4 is 0 Å². The van der Waals surface area contributed by atoms with Gasteiger partial charge in [0.15, 0.2) is 0 Å². The minimum Gasteiger partial charge on any atom is -0.261 e. The summed E-state index contributed by atoms with van der Waals surface area (Å²) in [6, 6.07) is 8.71. The fourth-order valence-electron chi connectivity index (χ4n) is 3.73. The van der Waals surface area contributed by atoms with Gasteiger partial charge in [0.2, 0.25) is 0 Å². The van der Waals surface area contributed by atoms with Crippen molar-refractivity contribution in [2.75, 3.05) is 0 Å². The maximum absolute atomic E-state index is 4.67. The maximum atomic E-state index is 4.67. The molecule has 0 aliphatic heterocycles. The summed E-state index contributed by atoms with van der Waals surface area (Å²) in [5.74, 6) is 1.95. The SMILES string of the molecule is CCCC1CCC(CCc2ccc(-c3cccs3)cn2)CC1. The smallest absolute Gasteiger partial charge is 0.0404 e.